The molecule has 4 nitrogen and oxygen atoms in total. The van der Waals surface area contributed by atoms with E-state index < -0.39 is 0 Å². The van der Waals surface area contributed by atoms with Crippen LogP contribution in [0.3, 0.4) is 0 Å². The normalized spacial score (nSPS) is 28.3. The Kier molecular flexibility index (Phi) is 3.24. The molecule has 1 aromatic rings. The largest absolute Gasteiger partial charge is 0.396 e. The molecule has 1 aromatic heterocycles. The fourth-order valence-corrected chi connectivity index (χ4v) is 2.60. The summed E-state index contributed by atoms with van der Waals surface area (Å²) in [5.41, 5.74) is 1.41. The lowest BCUT2D eigenvalue weighted by molar-refractivity contribution is 0.0830. The number of aromatic nitrogens is 1. The molecule has 17 heavy (non-hydrogen) atoms. The van der Waals surface area contributed by atoms with Crippen molar-refractivity contribution in [1.29, 1.82) is 0 Å². The van der Waals surface area contributed by atoms with Crippen LogP contribution in [0.1, 0.15) is 42.2 Å². The van der Waals surface area contributed by atoms with Crippen LogP contribution in [0.4, 0.5) is 0 Å². The number of hydrogen-bond donors (Lipinski definition) is 3. The Labute approximate surface area is 101 Å². The van der Waals surface area contributed by atoms with Crippen LogP contribution in [0.25, 0.3) is 0 Å². The number of rotatable bonds is 3. The number of aryl methyl sites for hydroxylation is 1. The molecule has 0 radical (unpaired) electrons. The summed E-state index contributed by atoms with van der Waals surface area (Å²) in [6, 6.07) is 1.87. The maximum absolute atomic E-state index is 12.1. The van der Waals surface area contributed by atoms with Crippen LogP contribution in [0.5, 0.6) is 0 Å². The van der Waals surface area contributed by atoms with Crippen LogP contribution in [0.2, 0.25) is 0 Å². The highest BCUT2D eigenvalue weighted by Gasteiger charge is 2.39. The van der Waals surface area contributed by atoms with E-state index in [-0.39, 0.29) is 24.0 Å². The number of H-pyrrole nitrogens is 1. The molecule has 2 rings (SSSR count). The molecule has 1 aliphatic rings. The predicted molar refractivity (Wildman–Crippen MR) is 65.8 cm³/mol. The first-order valence-electron chi connectivity index (χ1n) is 6.12. The average Bonchev–Trinajstić information content (AvgIpc) is 2.87. The smallest absolute Gasteiger partial charge is 0.253 e. The van der Waals surface area contributed by atoms with Gasteiger partial charge in [0.2, 0.25) is 0 Å². The lowest BCUT2D eigenvalue weighted by Crippen LogP contribution is -2.44. The number of carbonyl (C=O) groups excluding carboxylic acids is 1. The molecule has 1 amide bonds. The van der Waals surface area contributed by atoms with Crippen molar-refractivity contribution in [1.82, 2.24) is 10.3 Å². The zero-order chi connectivity index (χ0) is 12.5. The van der Waals surface area contributed by atoms with Crippen LogP contribution in [0.15, 0.2) is 12.3 Å². The maximum Gasteiger partial charge on any atom is 0.253 e. The Balaban J connectivity index is 2.07. The van der Waals surface area contributed by atoms with Gasteiger partial charge in [-0.05, 0) is 25.8 Å². The Bertz CT molecular complexity index is 413. The summed E-state index contributed by atoms with van der Waals surface area (Å²) in [7, 11) is 0. The lowest BCUT2D eigenvalue weighted by atomic mass is 9.85. The van der Waals surface area contributed by atoms with E-state index in [0.29, 0.717) is 5.56 Å². The van der Waals surface area contributed by atoms with Gasteiger partial charge >= 0.3 is 0 Å². The van der Waals surface area contributed by atoms with Crippen LogP contribution >= 0.6 is 0 Å². The minimum Gasteiger partial charge on any atom is -0.396 e. The highest BCUT2D eigenvalue weighted by atomic mass is 16.3. The predicted octanol–water partition coefficient (Wildman–Crippen LogP) is 1.60. The summed E-state index contributed by atoms with van der Waals surface area (Å²) in [6.45, 7) is 4.05. The number of carbonyl (C=O) groups is 1. The lowest BCUT2D eigenvalue weighted by Gasteiger charge is -2.30. The summed E-state index contributed by atoms with van der Waals surface area (Å²) in [5.74, 6) is -0.0460. The van der Waals surface area contributed by atoms with E-state index >= 15 is 0 Å². The van der Waals surface area contributed by atoms with E-state index in [1.54, 1.807) is 12.3 Å². The molecule has 0 bridgehead atoms. The average molecular weight is 236 g/mol. The van der Waals surface area contributed by atoms with Gasteiger partial charge in [0.25, 0.3) is 5.91 Å². The molecule has 94 valence electrons. The SMILES string of the molecule is Cc1[nH]ccc1C(=O)N[C@H]1CCC[C@]1(C)CO. The van der Waals surface area contributed by atoms with Crippen molar-refractivity contribution >= 4 is 5.91 Å². The van der Waals surface area contributed by atoms with Gasteiger partial charge in [-0.3, -0.25) is 4.79 Å². The summed E-state index contributed by atoms with van der Waals surface area (Å²) in [4.78, 5) is 15.1. The summed E-state index contributed by atoms with van der Waals surface area (Å²) < 4.78 is 0. The Morgan fingerprint density at radius 2 is 2.47 bits per heavy atom. The van der Waals surface area contributed by atoms with Crippen molar-refractivity contribution in [2.24, 2.45) is 5.41 Å². The van der Waals surface area contributed by atoms with Crippen molar-refractivity contribution in [2.45, 2.75) is 39.2 Å². The van der Waals surface area contributed by atoms with E-state index in [1.165, 1.54) is 0 Å². The molecule has 4 heteroatoms. The molecule has 2 atom stereocenters. The third-order valence-electron chi connectivity index (χ3n) is 3.95. The second-order valence-electron chi connectivity index (χ2n) is 5.25. The van der Waals surface area contributed by atoms with Gasteiger partial charge in [0, 0.05) is 23.3 Å². The summed E-state index contributed by atoms with van der Waals surface area (Å²) in [6.07, 6.45) is 4.76. The molecular weight excluding hydrogens is 216 g/mol. The van der Waals surface area contributed by atoms with Gasteiger partial charge in [-0.2, -0.15) is 0 Å². The summed E-state index contributed by atoms with van der Waals surface area (Å²) in [5, 5.41) is 12.5. The highest BCUT2D eigenvalue weighted by Crippen LogP contribution is 2.37. The maximum atomic E-state index is 12.1. The number of aliphatic hydroxyl groups is 1. The molecule has 1 saturated carbocycles. The van der Waals surface area contributed by atoms with E-state index in [0.717, 1.165) is 25.0 Å². The van der Waals surface area contributed by atoms with Gasteiger partial charge in [-0.15, -0.1) is 0 Å². The van der Waals surface area contributed by atoms with Gasteiger partial charge in [0.05, 0.1) is 12.2 Å². The van der Waals surface area contributed by atoms with Crippen molar-refractivity contribution in [3.63, 3.8) is 0 Å². The van der Waals surface area contributed by atoms with Crippen molar-refractivity contribution in [3.8, 4) is 0 Å². The van der Waals surface area contributed by atoms with E-state index in [2.05, 4.69) is 10.3 Å². The first kappa shape index (κ1) is 12.2. The van der Waals surface area contributed by atoms with E-state index in [9.17, 15) is 9.90 Å². The molecule has 0 unspecified atom stereocenters. The molecule has 0 saturated heterocycles. The topological polar surface area (TPSA) is 65.1 Å². The number of amides is 1. The van der Waals surface area contributed by atoms with E-state index in [1.807, 2.05) is 13.8 Å². The molecular formula is C13H20N2O2. The second-order valence-corrected chi connectivity index (χ2v) is 5.25. The number of aromatic amines is 1. The Morgan fingerprint density at radius 1 is 1.71 bits per heavy atom. The first-order chi connectivity index (χ1) is 8.07. The van der Waals surface area contributed by atoms with Gasteiger partial charge in [0.1, 0.15) is 0 Å². The monoisotopic (exact) mass is 236 g/mol. The number of nitrogens with one attached hydrogen (secondary N) is 2. The molecule has 1 heterocycles. The fourth-order valence-electron chi connectivity index (χ4n) is 2.60. The zero-order valence-electron chi connectivity index (χ0n) is 10.4. The third-order valence-corrected chi connectivity index (χ3v) is 3.95. The fraction of sp³-hybridized carbons (Fsp3) is 0.615. The highest BCUT2D eigenvalue weighted by molar-refractivity contribution is 5.95. The van der Waals surface area contributed by atoms with Gasteiger partial charge in [-0.25, -0.2) is 0 Å². The second kappa shape index (κ2) is 4.53. The minimum atomic E-state index is -0.167. The van der Waals surface area contributed by atoms with Gasteiger partial charge < -0.3 is 15.4 Å². The van der Waals surface area contributed by atoms with Crippen LogP contribution in [-0.2, 0) is 0 Å². The summed E-state index contributed by atoms with van der Waals surface area (Å²) >= 11 is 0. The molecule has 3 N–H and O–H groups in total. The minimum absolute atomic E-state index is 0.0460. The number of aliphatic hydroxyl groups excluding tert-OH is 1. The standard InChI is InChI=1S/C13H20N2O2/c1-9-10(5-7-14-9)12(17)15-11-4-3-6-13(11,2)8-16/h5,7,11,14,16H,3-4,6,8H2,1-2H3,(H,15,17)/t11-,13+/m0/s1. The van der Waals surface area contributed by atoms with Crippen LogP contribution in [-0.4, -0.2) is 28.6 Å². The van der Waals surface area contributed by atoms with Gasteiger partial charge in [-0.1, -0.05) is 13.3 Å². The van der Waals surface area contributed by atoms with Crippen LogP contribution < -0.4 is 5.32 Å². The number of hydrogen-bond acceptors (Lipinski definition) is 2. The van der Waals surface area contributed by atoms with E-state index in [4.69, 9.17) is 0 Å². The van der Waals surface area contributed by atoms with Crippen molar-refractivity contribution in [2.75, 3.05) is 6.61 Å². The van der Waals surface area contributed by atoms with Crippen molar-refractivity contribution in [3.05, 3.63) is 23.5 Å². The Hall–Kier alpha value is -1.29. The molecule has 0 spiro atoms. The quantitative estimate of drug-likeness (QED) is 0.746. The van der Waals surface area contributed by atoms with Crippen molar-refractivity contribution < 1.29 is 9.90 Å². The molecule has 1 fully saturated rings. The zero-order valence-corrected chi connectivity index (χ0v) is 10.4. The van der Waals surface area contributed by atoms with Gasteiger partial charge in [0.15, 0.2) is 0 Å². The third kappa shape index (κ3) is 2.22. The molecule has 0 aromatic carbocycles. The Morgan fingerprint density at radius 3 is 3.06 bits per heavy atom. The molecule has 1 aliphatic carbocycles. The molecule has 0 aliphatic heterocycles. The van der Waals surface area contributed by atoms with Crippen LogP contribution in [0, 0.1) is 12.3 Å². The first-order valence-corrected chi connectivity index (χ1v) is 6.12.